The summed E-state index contributed by atoms with van der Waals surface area (Å²) in [5.74, 6) is 0.0194. The number of benzene rings is 4. The number of carbonyl (C=O) groups is 1. The van der Waals surface area contributed by atoms with Gasteiger partial charge in [0, 0.05) is 44.1 Å². The first-order valence-corrected chi connectivity index (χ1v) is 25.2. The van der Waals surface area contributed by atoms with Crippen molar-refractivity contribution in [1.29, 1.82) is 0 Å². The van der Waals surface area contributed by atoms with Gasteiger partial charge in [-0.05, 0) is 109 Å². The van der Waals surface area contributed by atoms with E-state index in [1.165, 1.54) is 0 Å². The molecule has 4 aromatic carbocycles. The van der Waals surface area contributed by atoms with Crippen LogP contribution < -0.4 is 9.47 Å². The Morgan fingerprint density at radius 3 is 2.35 bits per heavy atom. The number of hydrogen-bond acceptors (Lipinski definition) is 11. The van der Waals surface area contributed by atoms with E-state index in [4.69, 9.17) is 38.4 Å². The van der Waals surface area contributed by atoms with Crippen LogP contribution in [0.2, 0.25) is 0 Å². The van der Waals surface area contributed by atoms with Crippen molar-refractivity contribution in [3.05, 3.63) is 139 Å². The lowest BCUT2D eigenvalue weighted by Crippen LogP contribution is -2.70. The molecule has 1 unspecified atom stereocenters. The maximum atomic E-state index is 14.7. The van der Waals surface area contributed by atoms with Gasteiger partial charge in [-0.25, -0.2) is 4.79 Å². The third-order valence-electron chi connectivity index (χ3n) is 13.9. The second kappa shape index (κ2) is 24.9. The average Bonchev–Trinajstić information content (AvgIpc) is 3.39. The number of nitrogens with zero attached hydrogens (tertiary/aromatic N) is 2. The number of aliphatic hydroxyl groups is 2. The number of unbranched alkanes of at least 4 members (excludes halogenated alkanes) is 2. The molecule has 1 amide bonds. The van der Waals surface area contributed by atoms with Crippen LogP contribution in [0.25, 0.3) is 11.1 Å². The van der Waals surface area contributed by atoms with E-state index in [-0.39, 0.29) is 57.2 Å². The van der Waals surface area contributed by atoms with Crippen molar-refractivity contribution >= 4 is 11.8 Å². The Morgan fingerprint density at radius 2 is 1.62 bits per heavy atom. The molecule has 2 aliphatic carbocycles. The molecule has 2 heterocycles. The summed E-state index contributed by atoms with van der Waals surface area (Å²) in [5, 5.41) is 25.1. The van der Waals surface area contributed by atoms with E-state index < -0.39 is 30.1 Å². The van der Waals surface area contributed by atoms with Crippen molar-refractivity contribution in [2.24, 2.45) is 22.9 Å². The Hall–Kier alpha value is -5.50. The van der Waals surface area contributed by atoms with Gasteiger partial charge in [-0.15, -0.1) is 6.58 Å². The number of amides is 1. The van der Waals surface area contributed by atoms with Crippen LogP contribution in [0, 0.1) is 17.8 Å². The van der Waals surface area contributed by atoms with E-state index in [1.54, 1.807) is 11.0 Å². The Bertz CT molecular complexity index is 2300. The van der Waals surface area contributed by atoms with Crippen LogP contribution in [0.4, 0.5) is 4.79 Å². The zero-order valence-corrected chi connectivity index (χ0v) is 40.1. The van der Waals surface area contributed by atoms with E-state index in [0.717, 1.165) is 72.8 Å². The van der Waals surface area contributed by atoms with Gasteiger partial charge in [0.15, 0.2) is 0 Å². The highest BCUT2D eigenvalue weighted by Gasteiger charge is 2.65. The molecule has 2 aliphatic heterocycles. The highest BCUT2D eigenvalue weighted by molar-refractivity contribution is 6.03. The van der Waals surface area contributed by atoms with E-state index in [2.05, 4.69) is 43.0 Å². The van der Waals surface area contributed by atoms with Crippen LogP contribution in [0.3, 0.4) is 0 Å². The number of hydrogen-bond donors (Lipinski definition) is 2. The van der Waals surface area contributed by atoms with Crippen LogP contribution in [0.15, 0.2) is 133 Å². The first-order chi connectivity index (χ1) is 34.0. The summed E-state index contributed by atoms with van der Waals surface area (Å²) < 4.78 is 39.2. The number of oxime groups is 1. The van der Waals surface area contributed by atoms with Gasteiger partial charge in [0.1, 0.15) is 29.9 Å². The van der Waals surface area contributed by atoms with Crippen molar-refractivity contribution in [2.45, 2.75) is 108 Å². The normalized spacial score (nSPS) is 24.3. The molecule has 0 radical (unpaired) electrons. The summed E-state index contributed by atoms with van der Waals surface area (Å²) in [7, 11) is 0. The van der Waals surface area contributed by atoms with Crippen molar-refractivity contribution in [3.63, 3.8) is 0 Å². The van der Waals surface area contributed by atoms with Gasteiger partial charge in [-0.3, -0.25) is 4.90 Å². The second-order valence-corrected chi connectivity index (χ2v) is 18.5. The summed E-state index contributed by atoms with van der Waals surface area (Å²) >= 11 is 0. The van der Waals surface area contributed by atoms with Gasteiger partial charge in [0.2, 0.25) is 12.1 Å². The van der Waals surface area contributed by atoms with Gasteiger partial charge < -0.3 is 43.5 Å². The molecule has 2 fully saturated rings. The molecule has 0 bridgehead atoms. The van der Waals surface area contributed by atoms with E-state index in [9.17, 15) is 15.0 Å². The maximum Gasteiger partial charge on any atom is 0.410 e. The summed E-state index contributed by atoms with van der Waals surface area (Å²) in [6, 6.07) is 33.6. The number of allylic oxidation sites excluding steroid dienone is 1. The SMILES string of the molecule is C=CCO[C@@]12Oc3ccc(Oc4ccc(-c5ccccc5)cc4)cc3[C@H]3[C@H](CCCCO)[C@@H](CCCCO)C=C(C(=NOC4CCCCO4)C[C@@H]1N(CCC)C(=O)OCCOCc1ccccc1)[C@H]32. The minimum Gasteiger partial charge on any atom is -0.459 e. The fraction of sp³-hybridized carbons (Fsp3) is 0.474. The number of rotatable bonds is 24. The fourth-order valence-corrected chi connectivity index (χ4v) is 10.8. The fourth-order valence-electron chi connectivity index (χ4n) is 10.8. The quantitative estimate of drug-likeness (QED) is 0.0397. The summed E-state index contributed by atoms with van der Waals surface area (Å²) in [5.41, 5.74) is 5.90. The van der Waals surface area contributed by atoms with Crippen LogP contribution in [0.1, 0.15) is 94.6 Å². The van der Waals surface area contributed by atoms with Crippen LogP contribution >= 0.6 is 0 Å². The van der Waals surface area contributed by atoms with E-state index >= 15 is 0 Å². The van der Waals surface area contributed by atoms with Crippen molar-refractivity contribution < 1.29 is 48.3 Å². The Labute approximate surface area is 407 Å². The molecule has 12 nitrogen and oxygen atoms in total. The molecule has 7 atom stereocenters. The smallest absolute Gasteiger partial charge is 0.410 e. The maximum absolute atomic E-state index is 14.7. The van der Waals surface area contributed by atoms with Gasteiger partial charge in [-0.2, -0.15) is 0 Å². The molecular formula is C57H70N2O10. The summed E-state index contributed by atoms with van der Waals surface area (Å²) in [6.45, 7) is 8.12. The number of fused-ring (bicyclic) bond motifs is 2. The lowest BCUT2D eigenvalue weighted by Gasteiger charge is -2.60. The van der Waals surface area contributed by atoms with E-state index in [1.807, 2.05) is 79.7 Å². The molecule has 12 heteroatoms. The standard InChI is InChI=1S/C57H70N2O10/c1-3-30-59(56(62)65-36-35-63-40-41-17-7-5-8-18-41)52-39-50(58-69-53-23-13-16-34-64-53)48-37-44(21-11-14-31-60)47(22-12-15-32-61)54-49-38-46(28-29-51(49)68-57(52,55(48)54)66-33-4-2)67-45-26-24-43(25-27-45)42-19-9-6-10-20-42/h4-10,17-20,24-29,37-38,44,47,52-55,60-61H,2-3,11-16,21-23,30-36,39-40H2,1H3/t44-,47+,52-,53?,54+,55+,57+/m0/s1. The Morgan fingerprint density at radius 1 is 0.884 bits per heavy atom. The van der Waals surface area contributed by atoms with Gasteiger partial charge in [-0.1, -0.05) is 110 Å². The monoisotopic (exact) mass is 943 g/mol. The predicted molar refractivity (Wildman–Crippen MR) is 266 cm³/mol. The molecule has 2 N–H and O–H groups in total. The third-order valence-corrected chi connectivity index (χ3v) is 13.9. The van der Waals surface area contributed by atoms with Gasteiger partial charge in [0.25, 0.3) is 0 Å². The molecule has 0 aromatic heterocycles. The minimum atomic E-state index is -1.42. The first kappa shape index (κ1) is 49.9. The third kappa shape index (κ3) is 12.1. The largest absolute Gasteiger partial charge is 0.459 e. The molecule has 1 saturated heterocycles. The van der Waals surface area contributed by atoms with Gasteiger partial charge >= 0.3 is 6.09 Å². The molecule has 0 spiro atoms. The highest BCUT2D eigenvalue weighted by Crippen LogP contribution is 2.62. The van der Waals surface area contributed by atoms with Crippen LogP contribution in [-0.4, -0.2) is 91.2 Å². The van der Waals surface area contributed by atoms with E-state index in [0.29, 0.717) is 62.0 Å². The molecule has 4 aromatic rings. The topological polar surface area (TPSA) is 138 Å². The lowest BCUT2D eigenvalue weighted by molar-refractivity contribution is -0.255. The van der Waals surface area contributed by atoms with Gasteiger partial charge in [0.05, 0.1) is 38.1 Å². The highest BCUT2D eigenvalue weighted by atomic mass is 16.8. The lowest BCUT2D eigenvalue weighted by atomic mass is 9.55. The number of carbonyl (C=O) groups excluding carboxylic acids is 1. The van der Waals surface area contributed by atoms with Crippen LogP contribution in [0.5, 0.6) is 17.2 Å². The van der Waals surface area contributed by atoms with Crippen molar-refractivity contribution in [1.82, 2.24) is 4.90 Å². The molecule has 8 rings (SSSR count). The molecular weight excluding hydrogens is 873 g/mol. The number of ether oxygens (including phenoxy) is 6. The second-order valence-electron chi connectivity index (χ2n) is 18.5. The first-order valence-electron chi connectivity index (χ1n) is 25.2. The summed E-state index contributed by atoms with van der Waals surface area (Å²) in [6.07, 6.45) is 11.3. The van der Waals surface area contributed by atoms with Crippen molar-refractivity contribution in [3.8, 4) is 28.4 Å². The predicted octanol–water partition coefficient (Wildman–Crippen LogP) is 11.4. The molecule has 69 heavy (non-hydrogen) atoms. The summed E-state index contributed by atoms with van der Waals surface area (Å²) in [4.78, 5) is 22.7. The molecule has 368 valence electrons. The van der Waals surface area contributed by atoms with Crippen LogP contribution in [-0.2, 0) is 30.4 Å². The van der Waals surface area contributed by atoms with Crippen molar-refractivity contribution in [2.75, 3.05) is 46.2 Å². The Kier molecular flexibility index (Phi) is 18.0. The zero-order valence-electron chi connectivity index (χ0n) is 40.1. The number of aliphatic hydroxyl groups excluding tert-OH is 2. The molecule has 4 aliphatic rings. The zero-order chi connectivity index (χ0) is 47.8. The average molecular weight is 943 g/mol. The minimum absolute atomic E-state index is 0.0506. The molecule has 1 saturated carbocycles. The Balaban J connectivity index is 1.22.